The van der Waals surface area contributed by atoms with Gasteiger partial charge in [-0.2, -0.15) is 0 Å². The normalized spacial score (nSPS) is 35.8. The molecule has 218 valence electrons. The highest BCUT2D eigenvalue weighted by atomic mass is 35.5. The van der Waals surface area contributed by atoms with Gasteiger partial charge in [0.15, 0.2) is 11.5 Å². The molecular weight excluding hydrogens is 542 g/mol. The van der Waals surface area contributed by atoms with Crippen LogP contribution in [0.2, 0.25) is 0 Å². The summed E-state index contributed by atoms with van der Waals surface area (Å²) in [5.41, 5.74) is 0.503. The van der Waals surface area contributed by atoms with E-state index in [-0.39, 0.29) is 42.4 Å². The number of ether oxygens (including phenoxy) is 1. The minimum Gasteiger partial charge on any atom is -0.504 e. The zero-order chi connectivity index (χ0) is 27.4. The number of halogens is 1. The van der Waals surface area contributed by atoms with E-state index >= 15 is 0 Å². The molecule has 2 spiro atoms. The van der Waals surface area contributed by atoms with Gasteiger partial charge in [0, 0.05) is 31.6 Å². The molecule has 2 aromatic rings. The average molecular weight is 580 g/mol. The van der Waals surface area contributed by atoms with Gasteiger partial charge in [-0.25, -0.2) is 0 Å². The van der Waals surface area contributed by atoms with Gasteiger partial charge in [0.1, 0.15) is 11.7 Å². The predicted molar refractivity (Wildman–Crippen MR) is 154 cm³/mol. The number of fused-ring (bicyclic) bond motifs is 2. The minimum atomic E-state index is -1.42. The lowest BCUT2D eigenvalue weighted by atomic mass is 9.40. The van der Waals surface area contributed by atoms with Crippen LogP contribution in [0.4, 0.5) is 0 Å². The van der Waals surface area contributed by atoms with Gasteiger partial charge in [-0.15, -0.1) is 12.4 Å². The first-order chi connectivity index (χ1) is 19.3. The third kappa shape index (κ3) is 3.41. The van der Waals surface area contributed by atoms with E-state index < -0.39 is 28.7 Å². The largest absolute Gasteiger partial charge is 0.504 e. The highest BCUT2D eigenvalue weighted by molar-refractivity contribution is 5.85. The molecule has 4 aliphatic heterocycles. The maximum absolute atomic E-state index is 13.8. The van der Waals surface area contributed by atoms with Crippen molar-refractivity contribution in [3.8, 4) is 11.5 Å². The Kier molecular flexibility index (Phi) is 6.00. The van der Waals surface area contributed by atoms with Crippen LogP contribution in [0.1, 0.15) is 62.1 Å². The highest BCUT2D eigenvalue weighted by Gasteiger charge is 2.83. The standard InChI is InChI=1S/C32H37N3O5.ClH/c1-19(36)35-24(16-26(38)33-17-20-5-3-2-4-6-20)31(39)11-12-32(35)25-15-22-9-10-23(37)28-27(22)30(32,29(31)40-28)13-14-34(25)18-21-7-8-21;/h2-6,9-10,21,24-25,29,37,39H,7-8,11-18H2,1H3,(H,33,38);1H/t24-,25+,29+,30+,31+,32+;/m0./s1. The van der Waals surface area contributed by atoms with E-state index in [0.29, 0.717) is 31.1 Å². The molecule has 4 heterocycles. The number of benzene rings is 2. The topological polar surface area (TPSA) is 102 Å². The van der Waals surface area contributed by atoms with Crippen LogP contribution >= 0.6 is 12.4 Å². The quantitative estimate of drug-likeness (QED) is 0.486. The number of hydrogen-bond donors (Lipinski definition) is 3. The van der Waals surface area contributed by atoms with Crippen LogP contribution in [-0.4, -0.2) is 74.2 Å². The lowest BCUT2D eigenvalue weighted by Crippen LogP contribution is -2.92. The van der Waals surface area contributed by atoms with Crippen molar-refractivity contribution >= 4 is 24.2 Å². The third-order valence-corrected chi connectivity index (χ3v) is 11.2. The molecule has 2 aromatic carbocycles. The summed E-state index contributed by atoms with van der Waals surface area (Å²) < 4.78 is 6.65. The Morgan fingerprint density at radius 1 is 1.10 bits per heavy atom. The number of carbonyl (C=O) groups excluding carboxylic acids is 2. The summed E-state index contributed by atoms with van der Waals surface area (Å²) in [4.78, 5) is 31.8. The van der Waals surface area contributed by atoms with E-state index in [1.54, 1.807) is 13.0 Å². The summed E-state index contributed by atoms with van der Waals surface area (Å²) in [5.74, 6) is 0.964. The molecule has 41 heavy (non-hydrogen) atoms. The molecule has 8 nitrogen and oxygen atoms in total. The number of carbonyl (C=O) groups is 2. The van der Waals surface area contributed by atoms with Crippen molar-refractivity contribution < 1.29 is 24.5 Å². The number of nitrogens with one attached hydrogen (secondary N) is 1. The van der Waals surface area contributed by atoms with E-state index in [0.717, 1.165) is 42.6 Å². The van der Waals surface area contributed by atoms with Gasteiger partial charge in [-0.1, -0.05) is 36.4 Å². The summed E-state index contributed by atoms with van der Waals surface area (Å²) in [6.45, 7) is 3.88. The van der Waals surface area contributed by atoms with Crippen molar-refractivity contribution in [1.29, 1.82) is 0 Å². The van der Waals surface area contributed by atoms with Crippen molar-refractivity contribution in [2.45, 2.75) is 93.2 Å². The second kappa shape index (κ2) is 9.09. The van der Waals surface area contributed by atoms with Gasteiger partial charge < -0.3 is 25.2 Å². The first kappa shape index (κ1) is 27.0. The van der Waals surface area contributed by atoms with Crippen LogP contribution in [0.25, 0.3) is 0 Å². The highest BCUT2D eigenvalue weighted by Crippen LogP contribution is 2.72. The monoisotopic (exact) mass is 579 g/mol. The Hall–Kier alpha value is -2.81. The van der Waals surface area contributed by atoms with Gasteiger partial charge in [0.05, 0.1) is 23.4 Å². The number of likely N-dealkylation sites (tertiary alicyclic amines) is 1. The van der Waals surface area contributed by atoms with E-state index in [4.69, 9.17) is 4.74 Å². The molecule has 2 amide bonds. The number of amides is 2. The molecule has 9 rings (SSSR count). The van der Waals surface area contributed by atoms with Gasteiger partial charge in [0.2, 0.25) is 11.8 Å². The third-order valence-electron chi connectivity index (χ3n) is 11.2. The van der Waals surface area contributed by atoms with Crippen molar-refractivity contribution in [3.05, 3.63) is 59.2 Å². The number of piperidine rings is 3. The van der Waals surface area contributed by atoms with Crippen LogP contribution in [0, 0.1) is 5.92 Å². The molecule has 7 aliphatic rings. The number of phenolic OH excluding ortho intramolecular Hbond substituents is 1. The fourth-order valence-electron chi connectivity index (χ4n) is 9.68. The zero-order valence-corrected chi connectivity index (χ0v) is 24.2. The molecule has 0 aromatic heterocycles. The van der Waals surface area contributed by atoms with Crippen molar-refractivity contribution in [3.63, 3.8) is 0 Å². The van der Waals surface area contributed by atoms with Crippen LogP contribution in [-0.2, 0) is 28.0 Å². The Labute approximate surface area is 246 Å². The lowest BCUT2D eigenvalue weighted by Gasteiger charge is -2.76. The Morgan fingerprint density at radius 3 is 2.61 bits per heavy atom. The molecule has 4 bridgehead atoms. The molecule has 0 radical (unpaired) electrons. The number of nitrogens with zero attached hydrogens (tertiary/aromatic N) is 2. The van der Waals surface area contributed by atoms with E-state index in [1.807, 2.05) is 41.3 Å². The van der Waals surface area contributed by atoms with Crippen LogP contribution in [0.15, 0.2) is 42.5 Å². The SMILES string of the molecule is CC(=O)N1[C@@H](CC(=O)NCc2ccccc2)[C@]2(O)CC[C@]13[C@H]1Cc4ccc(O)c5c4[C@]3(CCN1CC1CC1)[C@H]2O5.Cl. The number of rotatable bonds is 6. The van der Waals surface area contributed by atoms with Crippen LogP contribution < -0.4 is 10.1 Å². The molecule has 3 aliphatic carbocycles. The molecule has 3 saturated heterocycles. The summed E-state index contributed by atoms with van der Waals surface area (Å²) >= 11 is 0. The Morgan fingerprint density at radius 2 is 1.88 bits per heavy atom. The van der Waals surface area contributed by atoms with E-state index in [2.05, 4.69) is 10.2 Å². The fraction of sp³-hybridized carbons (Fsp3) is 0.562. The first-order valence-corrected chi connectivity index (χ1v) is 14.9. The molecule has 5 fully saturated rings. The summed E-state index contributed by atoms with van der Waals surface area (Å²) in [5, 5.41) is 26.6. The van der Waals surface area contributed by atoms with Gasteiger partial charge in [-0.05, 0) is 68.2 Å². The molecule has 0 unspecified atom stereocenters. The molecule has 2 saturated carbocycles. The number of hydrogen-bond acceptors (Lipinski definition) is 6. The maximum atomic E-state index is 13.8. The Balaban J connectivity index is 0.00000276. The predicted octanol–water partition coefficient (Wildman–Crippen LogP) is 3.05. The second-order valence-corrected chi connectivity index (χ2v) is 13.1. The van der Waals surface area contributed by atoms with Crippen molar-refractivity contribution in [1.82, 2.24) is 15.1 Å². The van der Waals surface area contributed by atoms with Gasteiger partial charge in [0.25, 0.3) is 0 Å². The number of phenols is 1. The minimum absolute atomic E-state index is 0. The van der Waals surface area contributed by atoms with E-state index in [9.17, 15) is 19.8 Å². The Bertz CT molecular complexity index is 1420. The smallest absolute Gasteiger partial charge is 0.222 e. The first-order valence-electron chi connectivity index (χ1n) is 14.9. The second-order valence-electron chi connectivity index (χ2n) is 13.1. The van der Waals surface area contributed by atoms with Crippen LogP contribution in [0.3, 0.4) is 0 Å². The van der Waals surface area contributed by atoms with Crippen molar-refractivity contribution in [2.24, 2.45) is 5.92 Å². The summed E-state index contributed by atoms with van der Waals surface area (Å²) in [6, 6.07) is 12.8. The van der Waals surface area contributed by atoms with Gasteiger partial charge in [-0.3, -0.25) is 14.5 Å². The molecule has 9 heteroatoms. The van der Waals surface area contributed by atoms with Gasteiger partial charge >= 0.3 is 0 Å². The fourth-order valence-corrected chi connectivity index (χ4v) is 9.68. The van der Waals surface area contributed by atoms with Crippen molar-refractivity contribution in [2.75, 3.05) is 13.1 Å². The summed E-state index contributed by atoms with van der Waals surface area (Å²) in [6.07, 6.45) is 4.52. The maximum Gasteiger partial charge on any atom is 0.222 e. The molecule has 6 atom stereocenters. The lowest BCUT2D eigenvalue weighted by molar-refractivity contribution is -0.284. The summed E-state index contributed by atoms with van der Waals surface area (Å²) in [7, 11) is 0. The zero-order valence-electron chi connectivity index (χ0n) is 23.3. The molecule has 3 N–H and O–H groups in total. The van der Waals surface area contributed by atoms with Crippen LogP contribution in [0.5, 0.6) is 11.5 Å². The van der Waals surface area contributed by atoms with E-state index in [1.165, 1.54) is 12.8 Å². The number of aliphatic hydroxyl groups is 1. The average Bonchev–Trinajstić information content (AvgIpc) is 3.68. The molecular formula is C32H38ClN3O5. The number of aromatic hydroxyl groups is 1.